The summed E-state index contributed by atoms with van der Waals surface area (Å²) in [6.45, 7) is 2.47. The van der Waals surface area contributed by atoms with Crippen LogP contribution in [0.25, 0.3) is 0 Å². The lowest BCUT2D eigenvalue weighted by Gasteiger charge is -2.26. The van der Waals surface area contributed by atoms with Gasteiger partial charge in [0.1, 0.15) is 11.5 Å². The van der Waals surface area contributed by atoms with E-state index in [0.717, 1.165) is 23.3 Å². The summed E-state index contributed by atoms with van der Waals surface area (Å²) in [6, 6.07) is 13.2. The maximum atomic E-state index is 12.2. The highest BCUT2D eigenvalue weighted by Crippen LogP contribution is 2.31. The molecule has 23 heavy (non-hydrogen) atoms. The molecule has 2 aromatic carbocycles. The number of fused-ring (bicyclic) bond motifs is 1. The van der Waals surface area contributed by atoms with Crippen LogP contribution in [0.1, 0.15) is 23.6 Å². The van der Waals surface area contributed by atoms with Crippen LogP contribution in [-0.2, 0) is 4.79 Å². The third-order valence-corrected chi connectivity index (χ3v) is 4.05. The number of aryl methyl sites for hydroxylation is 1. The Morgan fingerprint density at radius 3 is 3.04 bits per heavy atom. The molecule has 0 aliphatic carbocycles. The minimum atomic E-state index is -0.177. The van der Waals surface area contributed by atoms with Gasteiger partial charge >= 0.3 is 0 Å². The van der Waals surface area contributed by atoms with Crippen LogP contribution in [0.15, 0.2) is 42.5 Å². The lowest BCUT2D eigenvalue weighted by molar-refractivity contribution is -0.124. The molecule has 1 amide bonds. The first-order chi connectivity index (χ1) is 11.1. The fraction of sp³-hybridized carbons (Fsp3) is 0.278. The molecule has 0 spiro atoms. The molecule has 0 saturated heterocycles. The molecule has 2 aromatic rings. The Labute approximate surface area is 140 Å². The molecule has 1 aliphatic heterocycles. The van der Waals surface area contributed by atoms with E-state index in [9.17, 15) is 4.79 Å². The summed E-state index contributed by atoms with van der Waals surface area (Å²) in [6.07, 6.45) is 0.744. The second-order valence-electron chi connectivity index (χ2n) is 5.52. The van der Waals surface area contributed by atoms with Crippen LogP contribution < -0.4 is 14.8 Å². The normalized spacial score (nSPS) is 16.2. The summed E-state index contributed by atoms with van der Waals surface area (Å²) < 4.78 is 11.1. The van der Waals surface area contributed by atoms with Gasteiger partial charge in [-0.25, -0.2) is 0 Å². The molecule has 1 N–H and O–H groups in total. The van der Waals surface area contributed by atoms with Crippen molar-refractivity contribution in [3.8, 4) is 11.5 Å². The smallest absolute Gasteiger partial charge is 0.258 e. The van der Waals surface area contributed by atoms with Gasteiger partial charge in [-0.1, -0.05) is 35.9 Å². The number of hydrogen-bond acceptors (Lipinski definition) is 3. The van der Waals surface area contributed by atoms with E-state index in [4.69, 9.17) is 21.1 Å². The van der Waals surface area contributed by atoms with Gasteiger partial charge in [0.05, 0.1) is 17.7 Å². The molecule has 1 atom stereocenters. The van der Waals surface area contributed by atoms with E-state index in [-0.39, 0.29) is 18.6 Å². The quantitative estimate of drug-likeness (QED) is 0.930. The number of carbonyl (C=O) groups excluding carboxylic acids is 1. The van der Waals surface area contributed by atoms with Crippen molar-refractivity contribution in [3.05, 3.63) is 58.6 Å². The molecule has 4 nitrogen and oxygen atoms in total. The molecular weight excluding hydrogens is 314 g/mol. The van der Waals surface area contributed by atoms with Crippen molar-refractivity contribution < 1.29 is 14.3 Å². The molecule has 0 saturated carbocycles. The van der Waals surface area contributed by atoms with Crippen LogP contribution in [-0.4, -0.2) is 19.1 Å². The van der Waals surface area contributed by atoms with Crippen molar-refractivity contribution in [1.82, 2.24) is 5.32 Å². The van der Waals surface area contributed by atoms with Gasteiger partial charge in [0, 0.05) is 12.0 Å². The molecule has 0 fully saturated rings. The van der Waals surface area contributed by atoms with Crippen molar-refractivity contribution in [2.45, 2.75) is 19.4 Å². The zero-order chi connectivity index (χ0) is 16.2. The van der Waals surface area contributed by atoms with Crippen LogP contribution in [0.4, 0.5) is 0 Å². The number of halogens is 1. The Morgan fingerprint density at radius 2 is 2.17 bits per heavy atom. The van der Waals surface area contributed by atoms with E-state index < -0.39 is 0 Å². The van der Waals surface area contributed by atoms with Gasteiger partial charge in [0.15, 0.2) is 6.61 Å². The van der Waals surface area contributed by atoms with Crippen molar-refractivity contribution in [2.75, 3.05) is 13.2 Å². The molecule has 1 unspecified atom stereocenters. The molecule has 3 rings (SSSR count). The molecule has 1 aliphatic rings. The fourth-order valence-corrected chi connectivity index (χ4v) is 2.76. The summed E-state index contributed by atoms with van der Waals surface area (Å²) in [7, 11) is 0. The third-order valence-electron chi connectivity index (χ3n) is 3.74. The molecule has 5 heteroatoms. The first-order valence-corrected chi connectivity index (χ1v) is 7.91. The number of benzene rings is 2. The predicted octanol–water partition coefficient (Wildman–Crippen LogP) is 3.67. The Bertz CT molecular complexity index is 717. The second-order valence-corrected chi connectivity index (χ2v) is 5.92. The fourth-order valence-electron chi connectivity index (χ4n) is 2.59. The van der Waals surface area contributed by atoms with Crippen molar-refractivity contribution >= 4 is 17.5 Å². The lowest BCUT2D eigenvalue weighted by atomic mass is 10.0. The second kappa shape index (κ2) is 6.92. The Morgan fingerprint density at radius 1 is 1.35 bits per heavy atom. The standard InChI is InChI=1S/C18H18ClNO3/c1-12-6-7-14(19)17(10-12)23-11-18(21)20-15-8-9-22-16-5-3-2-4-13(15)16/h2-7,10,15H,8-9,11H2,1H3,(H,20,21). The van der Waals surface area contributed by atoms with Gasteiger partial charge in [-0.15, -0.1) is 0 Å². The van der Waals surface area contributed by atoms with E-state index in [1.807, 2.05) is 43.3 Å². The summed E-state index contributed by atoms with van der Waals surface area (Å²) in [5, 5.41) is 3.49. The summed E-state index contributed by atoms with van der Waals surface area (Å²) in [4.78, 5) is 12.2. The first-order valence-electron chi connectivity index (χ1n) is 7.53. The molecular formula is C18H18ClNO3. The maximum absolute atomic E-state index is 12.2. The maximum Gasteiger partial charge on any atom is 0.258 e. The van der Waals surface area contributed by atoms with Gasteiger partial charge in [-0.05, 0) is 30.7 Å². The summed E-state index contributed by atoms with van der Waals surface area (Å²) >= 11 is 6.07. The Balaban J connectivity index is 1.61. The summed E-state index contributed by atoms with van der Waals surface area (Å²) in [5.74, 6) is 1.17. The van der Waals surface area contributed by atoms with E-state index in [1.165, 1.54) is 0 Å². The van der Waals surface area contributed by atoms with Gasteiger partial charge < -0.3 is 14.8 Å². The summed E-state index contributed by atoms with van der Waals surface area (Å²) in [5.41, 5.74) is 2.03. The number of carbonyl (C=O) groups is 1. The molecule has 120 valence electrons. The number of hydrogen-bond donors (Lipinski definition) is 1. The number of ether oxygens (including phenoxy) is 2. The van der Waals surface area contributed by atoms with Gasteiger partial charge in [-0.3, -0.25) is 4.79 Å². The van der Waals surface area contributed by atoms with E-state index >= 15 is 0 Å². The average Bonchev–Trinajstić information content (AvgIpc) is 2.56. The molecule has 1 heterocycles. The predicted molar refractivity (Wildman–Crippen MR) is 89.1 cm³/mol. The topological polar surface area (TPSA) is 47.6 Å². The van der Waals surface area contributed by atoms with Gasteiger partial charge in [0.25, 0.3) is 5.91 Å². The van der Waals surface area contributed by atoms with Crippen molar-refractivity contribution in [1.29, 1.82) is 0 Å². The van der Waals surface area contributed by atoms with Crippen LogP contribution in [0.5, 0.6) is 11.5 Å². The van der Waals surface area contributed by atoms with Crippen molar-refractivity contribution in [2.24, 2.45) is 0 Å². The zero-order valence-electron chi connectivity index (χ0n) is 12.8. The van der Waals surface area contributed by atoms with Crippen molar-refractivity contribution in [3.63, 3.8) is 0 Å². The van der Waals surface area contributed by atoms with E-state index in [1.54, 1.807) is 6.07 Å². The lowest BCUT2D eigenvalue weighted by Crippen LogP contribution is -2.35. The highest BCUT2D eigenvalue weighted by molar-refractivity contribution is 6.32. The Hall–Kier alpha value is -2.20. The molecule has 0 aromatic heterocycles. The SMILES string of the molecule is Cc1ccc(Cl)c(OCC(=O)NC2CCOc3ccccc32)c1. The minimum Gasteiger partial charge on any atom is -0.493 e. The van der Waals surface area contributed by atoms with Crippen LogP contribution in [0.2, 0.25) is 5.02 Å². The number of nitrogens with one attached hydrogen (secondary N) is 1. The monoisotopic (exact) mass is 331 g/mol. The van der Waals surface area contributed by atoms with Gasteiger partial charge in [-0.2, -0.15) is 0 Å². The van der Waals surface area contributed by atoms with Gasteiger partial charge in [0.2, 0.25) is 0 Å². The van der Waals surface area contributed by atoms with Crippen LogP contribution >= 0.6 is 11.6 Å². The highest BCUT2D eigenvalue weighted by atomic mass is 35.5. The molecule has 0 radical (unpaired) electrons. The number of rotatable bonds is 4. The highest BCUT2D eigenvalue weighted by Gasteiger charge is 2.22. The molecule has 0 bridgehead atoms. The van der Waals surface area contributed by atoms with E-state index in [2.05, 4.69) is 5.32 Å². The first kappa shape index (κ1) is 15.7. The minimum absolute atomic E-state index is 0.0518. The number of para-hydroxylation sites is 1. The van der Waals surface area contributed by atoms with Crippen LogP contribution in [0, 0.1) is 6.92 Å². The third kappa shape index (κ3) is 3.77. The average molecular weight is 332 g/mol. The zero-order valence-corrected chi connectivity index (χ0v) is 13.6. The Kier molecular flexibility index (Phi) is 4.72. The van der Waals surface area contributed by atoms with Crippen LogP contribution in [0.3, 0.4) is 0 Å². The van der Waals surface area contributed by atoms with E-state index in [0.29, 0.717) is 17.4 Å². The largest absolute Gasteiger partial charge is 0.493 e. The number of amides is 1.